The minimum Gasteiger partial charge on any atom is -0.310 e. The van der Waals surface area contributed by atoms with Gasteiger partial charge in [0, 0.05) is 33.2 Å². The van der Waals surface area contributed by atoms with Crippen molar-refractivity contribution in [3.8, 4) is 27.9 Å². The molecule has 1 aromatic heterocycles. The van der Waals surface area contributed by atoms with Gasteiger partial charge in [0.15, 0.2) is 0 Å². The van der Waals surface area contributed by atoms with Gasteiger partial charge in [0.25, 0.3) is 0 Å². The van der Waals surface area contributed by atoms with Gasteiger partial charge in [-0.3, -0.25) is 0 Å². The van der Waals surface area contributed by atoms with Crippen molar-refractivity contribution in [3.05, 3.63) is 253 Å². The van der Waals surface area contributed by atoms with Crippen molar-refractivity contribution in [2.45, 2.75) is 5.41 Å². The maximum absolute atomic E-state index is 2.51. The lowest BCUT2D eigenvalue weighted by Gasteiger charge is -2.38. The van der Waals surface area contributed by atoms with E-state index in [-0.39, 0.29) is 0 Å². The zero-order chi connectivity index (χ0) is 41.2. The van der Waals surface area contributed by atoms with Crippen molar-refractivity contribution >= 4 is 71.2 Å². The van der Waals surface area contributed by atoms with Crippen molar-refractivity contribution in [1.82, 2.24) is 4.57 Å². The van der Waals surface area contributed by atoms with E-state index in [0.29, 0.717) is 0 Å². The zero-order valence-electron chi connectivity index (χ0n) is 34.3. The molecule has 14 rings (SSSR count). The summed E-state index contributed by atoms with van der Waals surface area (Å²) < 4.78 is 2.51. The Morgan fingerprint density at radius 3 is 1.63 bits per heavy atom. The molecule has 1 spiro atoms. The van der Waals surface area contributed by atoms with Crippen LogP contribution in [0.15, 0.2) is 231 Å². The second-order valence-corrected chi connectivity index (χ2v) is 17.1. The summed E-state index contributed by atoms with van der Waals surface area (Å²) in [5, 5.41) is 10.3. The lowest BCUT2D eigenvalue weighted by atomic mass is 9.63. The quantitative estimate of drug-likeness (QED) is 0.157. The SMILES string of the molecule is c1ccc(N(c2ccc(-c3cc4c5c6c(cccc36)C3(c6ccccc6-c6ccccc63)c3cccc(c35)n4-c3ccccc3)cc2)c2cc3ccccc3c3ccccc23)cc1. The van der Waals surface area contributed by atoms with Crippen molar-refractivity contribution in [2.75, 3.05) is 4.90 Å². The Balaban J connectivity index is 1.05. The Bertz CT molecular complexity index is 3800. The van der Waals surface area contributed by atoms with Gasteiger partial charge in [0.1, 0.15) is 0 Å². The fourth-order valence-corrected chi connectivity index (χ4v) is 11.7. The number of benzene rings is 11. The van der Waals surface area contributed by atoms with E-state index in [4.69, 9.17) is 0 Å². The molecular weight excluding hydrogens is 761 g/mol. The van der Waals surface area contributed by atoms with E-state index in [1.807, 2.05) is 0 Å². The summed E-state index contributed by atoms with van der Waals surface area (Å²) in [6.07, 6.45) is 0. The molecule has 2 aliphatic rings. The average Bonchev–Trinajstić information content (AvgIpc) is 3.85. The minimum absolute atomic E-state index is 0.476. The summed E-state index contributed by atoms with van der Waals surface area (Å²) in [7, 11) is 0. The molecule has 12 aromatic rings. The number of para-hydroxylation sites is 2. The van der Waals surface area contributed by atoms with Crippen LogP contribution in [-0.2, 0) is 5.41 Å². The van der Waals surface area contributed by atoms with Crippen LogP contribution in [-0.4, -0.2) is 4.57 Å². The zero-order valence-corrected chi connectivity index (χ0v) is 34.3. The molecule has 0 atom stereocenters. The first-order valence-corrected chi connectivity index (χ1v) is 21.9. The number of aromatic nitrogens is 1. The van der Waals surface area contributed by atoms with Crippen LogP contribution in [0, 0.1) is 0 Å². The highest BCUT2D eigenvalue weighted by atomic mass is 15.1. The molecule has 2 heteroatoms. The van der Waals surface area contributed by atoms with Crippen LogP contribution in [0.2, 0.25) is 0 Å². The lowest BCUT2D eigenvalue weighted by molar-refractivity contribution is 0.783. The van der Waals surface area contributed by atoms with E-state index in [1.165, 1.54) is 98.6 Å². The van der Waals surface area contributed by atoms with Gasteiger partial charge >= 0.3 is 0 Å². The second-order valence-electron chi connectivity index (χ2n) is 17.1. The molecule has 0 saturated heterocycles. The minimum atomic E-state index is -0.476. The van der Waals surface area contributed by atoms with Gasteiger partial charge in [-0.25, -0.2) is 0 Å². The molecule has 0 radical (unpaired) electrons. The van der Waals surface area contributed by atoms with Crippen LogP contribution >= 0.6 is 0 Å². The number of anilines is 3. The molecule has 2 aliphatic carbocycles. The molecule has 0 fully saturated rings. The average molecular weight is 799 g/mol. The van der Waals surface area contributed by atoms with Crippen LogP contribution in [0.25, 0.3) is 82.1 Å². The first-order valence-electron chi connectivity index (χ1n) is 21.9. The molecule has 11 aromatic carbocycles. The number of rotatable bonds is 5. The molecule has 0 N–H and O–H groups in total. The van der Waals surface area contributed by atoms with E-state index in [1.54, 1.807) is 0 Å². The Morgan fingerprint density at radius 1 is 0.333 bits per heavy atom. The van der Waals surface area contributed by atoms with E-state index >= 15 is 0 Å². The maximum atomic E-state index is 2.51. The molecule has 0 aliphatic heterocycles. The summed E-state index contributed by atoms with van der Waals surface area (Å²) in [5.41, 5.74) is 17.0. The summed E-state index contributed by atoms with van der Waals surface area (Å²) in [4.78, 5) is 2.42. The Hall–Kier alpha value is -8.20. The first kappa shape index (κ1) is 34.5. The summed E-state index contributed by atoms with van der Waals surface area (Å²) >= 11 is 0. The predicted octanol–water partition coefficient (Wildman–Crippen LogP) is 16.1. The predicted molar refractivity (Wildman–Crippen MR) is 264 cm³/mol. The van der Waals surface area contributed by atoms with Gasteiger partial charge in [0.05, 0.1) is 22.1 Å². The van der Waals surface area contributed by atoms with Crippen molar-refractivity contribution in [1.29, 1.82) is 0 Å². The lowest BCUT2D eigenvalue weighted by Crippen LogP contribution is -2.30. The van der Waals surface area contributed by atoms with Gasteiger partial charge < -0.3 is 9.47 Å². The third-order valence-corrected chi connectivity index (χ3v) is 14.1. The van der Waals surface area contributed by atoms with Crippen molar-refractivity contribution in [3.63, 3.8) is 0 Å². The van der Waals surface area contributed by atoms with Gasteiger partial charge in [-0.2, -0.15) is 0 Å². The molecule has 2 nitrogen and oxygen atoms in total. The largest absolute Gasteiger partial charge is 0.310 e. The van der Waals surface area contributed by atoms with Crippen molar-refractivity contribution in [2.24, 2.45) is 0 Å². The standard InChI is InChI=1S/C61H38N2/c1-3-18-41(19-4-1)62(56-37-40-17-7-8-22-44(40)45-23-9-10-26-48(45)56)43-35-33-39(34-36-43)50-38-57-60-58-49(50)27-15-30-53(58)61(51-28-13-11-24-46(51)47-25-12-14-29-52(47)61)54-31-16-32-55(59(54)60)63(57)42-20-5-2-6-21-42/h1-38H. The monoisotopic (exact) mass is 798 g/mol. The highest BCUT2D eigenvalue weighted by Gasteiger charge is 2.50. The second kappa shape index (κ2) is 12.9. The van der Waals surface area contributed by atoms with Crippen LogP contribution < -0.4 is 4.90 Å². The van der Waals surface area contributed by atoms with Gasteiger partial charge in [-0.1, -0.05) is 176 Å². The number of fused-ring (bicyclic) bond motifs is 10. The van der Waals surface area contributed by atoms with Crippen LogP contribution in [0.3, 0.4) is 0 Å². The molecule has 0 saturated carbocycles. The Kier molecular flexibility index (Phi) is 7.07. The van der Waals surface area contributed by atoms with Gasteiger partial charge in [-0.05, 0) is 126 Å². The molecular formula is C61H38N2. The first-order chi connectivity index (χ1) is 31.3. The highest BCUT2D eigenvalue weighted by Crippen LogP contribution is 2.62. The van der Waals surface area contributed by atoms with E-state index in [0.717, 1.165) is 22.7 Å². The fraction of sp³-hybridized carbons (Fsp3) is 0.0164. The van der Waals surface area contributed by atoms with Crippen LogP contribution in [0.5, 0.6) is 0 Å². The highest BCUT2D eigenvalue weighted by molar-refractivity contribution is 6.29. The van der Waals surface area contributed by atoms with Gasteiger partial charge in [0.2, 0.25) is 0 Å². The third-order valence-electron chi connectivity index (χ3n) is 14.1. The molecule has 0 amide bonds. The summed E-state index contributed by atoms with van der Waals surface area (Å²) in [5.74, 6) is 0. The Morgan fingerprint density at radius 2 is 0.889 bits per heavy atom. The Labute approximate surface area is 365 Å². The van der Waals surface area contributed by atoms with E-state index in [9.17, 15) is 0 Å². The van der Waals surface area contributed by atoms with Crippen LogP contribution in [0.4, 0.5) is 17.1 Å². The topological polar surface area (TPSA) is 8.17 Å². The maximum Gasteiger partial charge on any atom is 0.0726 e. The van der Waals surface area contributed by atoms with Crippen LogP contribution in [0.1, 0.15) is 22.3 Å². The molecule has 63 heavy (non-hydrogen) atoms. The summed E-state index contributed by atoms with van der Waals surface area (Å²) in [6.45, 7) is 0. The smallest absolute Gasteiger partial charge is 0.0726 e. The summed E-state index contributed by atoms with van der Waals surface area (Å²) in [6, 6.07) is 85.7. The fourth-order valence-electron chi connectivity index (χ4n) is 11.7. The number of hydrogen-bond donors (Lipinski definition) is 0. The van der Waals surface area contributed by atoms with E-state index < -0.39 is 5.41 Å². The molecule has 292 valence electrons. The molecule has 0 unspecified atom stereocenters. The third kappa shape index (κ3) is 4.57. The van der Waals surface area contributed by atoms with Gasteiger partial charge in [-0.15, -0.1) is 0 Å². The van der Waals surface area contributed by atoms with E-state index in [2.05, 4.69) is 240 Å². The molecule has 1 heterocycles. The number of hydrogen-bond acceptors (Lipinski definition) is 1. The molecule has 0 bridgehead atoms. The van der Waals surface area contributed by atoms with Crippen molar-refractivity contribution < 1.29 is 0 Å². The normalized spacial score (nSPS) is 13.2. The number of nitrogens with zero attached hydrogens (tertiary/aromatic N) is 2.